The summed E-state index contributed by atoms with van der Waals surface area (Å²) in [4.78, 5) is 13.0. The second-order valence-corrected chi connectivity index (χ2v) is 9.27. The fourth-order valence-corrected chi connectivity index (χ4v) is 3.52. The van der Waals surface area contributed by atoms with Gasteiger partial charge in [0.15, 0.2) is 15.7 Å². The molecule has 1 unspecified atom stereocenters. The van der Waals surface area contributed by atoms with Crippen LogP contribution in [0.15, 0.2) is 59.6 Å². The monoisotopic (exact) mass is 459 g/mol. The summed E-state index contributed by atoms with van der Waals surface area (Å²) >= 11 is 0. The Hall–Kier alpha value is -3.37. The van der Waals surface area contributed by atoms with Crippen LogP contribution >= 0.6 is 0 Å². The molecule has 3 aromatic rings. The Morgan fingerprint density at radius 1 is 1.09 bits per heavy atom. The number of carbonyl (C=O) groups is 1. The molecule has 9 nitrogen and oxygen atoms in total. The third-order valence-corrected chi connectivity index (χ3v) is 5.45. The third-order valence-electron chi connectivity index (χ3n) is 4.32. The minimum Gasteiger partial charge on any atom is -0.488 e. The SMILES string of the molecule is COCC(C)Oc1cc(Oc2ccc(S(C)(=O)=O)cc2)cc(C(=O)Nc2ccn(C)n2)c1. The normalized spacial score (nSPS) is 12.2. The van der Waals surface area contributed by atoms with Crippen molar-refractivity contribution in [1.29, 1.82) is 0 Å². The first-order valence-corrected chi connectivity index (χ1v) is 11.6. The van der Waals surface area contributed by atoms with E-state index in [2.05, 4.69) is 10.4 Å². The quantitative estimate of drug-likeness (QED) is 0.523. The number of nitrogens with one attached hydrogen (secondary N) is 1. The Morgan fingerprint density at radius 3 is 2.38 bits per heavy atom. The Kier molecular flexibility index (Phi) is 7.16. The molecule has 0 aliphatic rings. The van der Waals surface area contributed by atoms with Crippen LogP contribution < -0.4 is 14.8 Å². The van der Waals surface area contributed by atoms with Crippen molar-refractivity contribution in [3.63, 3.8) is 0 Å². The number of benzene rings is 2. The van der Waals surface area contributed by atoms with Crippen molar-refractivity contribution in [2.24, 2.45) is 7.05 Å². The lowest BCUT2D eigenvalue weighted by Gasteiger charge is -2.16. The summed E-state index contributed by atoms with van der Waals surface area (Å²) in [7, 11) is 0.0149. The molecule has 10 heteroatoms. The molecule has 0 spiro atoms. The number of hydrogen-bond donors (Lipinski definition) is 1. The van der Waals surface area contributed by atoms with E-state index in [1.807, 2.05) is 6.92 Å². The van der Waals surface area contributed by atoms with Gasteiger partial charge in [-0.1, -0.05) is 0 Å². The lowest BCUT2D eigenvalue weighted by molar-refractivity contribution is 0.0915. The highest BCUT2D eigenvalue weighted by molar-refractivity contribution is 7.90. The van der Waals surface area contributed by atoms with Gasteiger partial charge in [-0.3, -0.25) is 9.48 Å². The second kappa shape index (κ2) is 9.84. The first-order chi connectivity index (χ1) is 15.1. The summed E-state index contributed by atoms with van der Waals surface area (Å²) < 4.78 is 41.7. The molecule has 1 amide bonds. The summed E-state index contributed by atoms with van der Waals surface area (Å²) in [5, 5.41) is 6.87. The molecule has 3 rings (SSSR count). The van der Waals surface area contributed by atoms with Gasteiger partial charge in [-0.05, 0) is 43.3 Å². The number of methoxy groups -OCH3 is 1. The van der Waals surface area contributed by atoms with Crippen LogP contribution in [-0.2, 0) is 21.6 Å². The van der Waals surface area contributed by atoms with E-state index in [0.717, 1.165) is 6.26 Å². The van der Waals surface area contributed by atoms with E-state index in [1.165, 1.54) is 12.1 Å². The largest absolute Gasteiger partial charge is 0.488 e. The summed E-state index contributed by atoms with van der Waals surface area (Å²) in [6.45, 7) is 2.21. The minimum atomic E-state index is -3.31. The van der Waals surface area contributed by atoms with Gasteiger partial charge in [-0.25, -0.2) is 8.42 Å². The fraction of sp³-hybridized carbons (Fsp3) is 0.273. The number of sulfone groups is 1. The standard InChI is InChI=1S/C22H25N3O6S/c1-15(14-29-3)30-18-11-16(22(26)23-21-9-10-25(2)24-21)12-19(13-18)31-17-5-7-20(8-6-17)32(4,27)28/h5-13,15H,14H2,1-4H3,(H,23,24,26). The van der Waals surface area contributed by atoms with Gasteiger partial charge in [0.1, 0.15) is 23.4 Å². The topological polar surface area (TPSA) is 109 Å². The van der Waals surface area contributed by atoms with Crippen molar-refractivity contribution in [3.05, 3.63) is 60.3 Å². The number of aryl methyl sites for hydroxylation is 1. The number of aromatic nitrogens is 2. The van der Waals surface area contributed by atoms with Crippen molar-refractivity contribution in [2.45, 2.75) is 17.9 Å². The molecule has 0 saturated carbocycles. The number of ether oxygens (including phenoxy) is 3. The van der Waals surface area contributed by atoms with Gasteiger partial charge in [-0.15, -0.1) is 0 Å². The van der Waals surface area contributed by atoms with Gasteiger partial charge < -0.3 is 19.5 Å². The van der Waals surface area contributed by atoms with Crippen LogP contribution in [0.5, 0.6) is 17.2 Å². The van der Waals surface area contributed by atoms with E-state index in [4.69, 9.17) is 14.2 Å². The number of anilines is 1. The number of hydrogen-bond acceptors (Lipinski definition) is 7. The Bertz CT molecular complexity index is 1190. The lowest BCUT2D eigenvalue weighted by Crippen LogP contribution is -2.18. The summed E-state index contributed by atoms with van der Waals surface area (Å²) in [5.41, 5.74) is 0.306. The maximum atomic E-state index is 12.8. The Labute approximate surface area is 186 Å². The molecule has 0 radical (unpaired) electrons. The molecule has 32 heavy (non-hydrogen) atoms. The van der Waals surface area contributed by atoms with E-state index >= 15 is 0 Å². The van der Waals surface area contributed by atoms with Gasteiger partial charge in [0.05, 0.1) is 11.5 Å². The highest BCUT2D eigenvalue weighted by Crippen LogP contribution is 2.29. The van der Waals surface area contributed by atoms with Gasteiger partial charge in [-0.2, -0.15) is 5.10 Å². The number of rotatable bonds is 9. The molecule has 0 aliphatic carbocycles. The molecule has 2 aromatic carbocycles. The Morgan fingerprint density at radius 2 is 1.78 bits per heavy atom. The Balaban J connectivity index is 1.87. The first-order valence-electron chi connectivity index (χ1n) is 9.73. The molecule has 170 valence electrons. The number of nitrogens with zero attached hydrogens (tertiary/aromatic N) is 2. The maximum absolute atomic E-state index is 12.8. The lowest BCUT2D eigenvalue weighted by atomic mass is 10.2. The average Bonchev–Trinajstić information content (AvgIpc) is 3.12. The van der Waals surface area contributed by atoms with Crippen molar-refractivity contribution < 1.29 is 27.4 Å². The predicted molar refractivity (Wildman–Crippen MR) is 119 cm³/mol. The van der Waals surface area contributed by atoms with Crippen molar-refractivity contribution >= 4 is 21.6 Å². The van der Waals surface area contributed by atoms with E-state index in [0.29, 0.717) is 35.2 Å². The van der Waals surface area contributed by atoms with Gasteiger partial charge >= 0.3 is 0 Å². The number of carbonyl (C=O) groups excluding carboxylic acids is 1. The van der Waals surface area contributed by atoms with Crippen molar-refractivity contribution in [3.8, 4) is 17.2 Å². The fourth-order valence-electron chi connectivity index (χ4n) is 2.89. The molecule has 0 aliphatic heterocycles. The molecule has 0 fully saturated rings. The van der Waals surface area contributed by atoms with Gasteiger partial charge in [0.2, 0.25) is 0 Å². The molecule has 1 atom stereocenters. The number of amides is 1. The molecule has 1 heterocycles. The molecular weight excluding hydrogens is 434 g/mol. The van der Waals surface area contributed by atoms with E-state index in [-0.39, 0.29) is 16.9 Å². The average molecular weight is 460 g/mol. The summed E-state index contributed by atoms with van der Waals surface area (Å²) in [5.74, 6) is 1.22. The minimum absolute atomic E-state index is 0.186. The van der Waals surface area contributed by atoms with Crippen LogP contribution in [0.1, 0.15) is 17.3 Å². The second-order valence-electron chi connectivity index (χ2n) is 7.25. The molecule has 1 N–H and O–H groups in total. The zero-order valence-electron chi connectivity index (χ0n) is 18.2. The van der Waals surface area contributed by atoms with Crippen molar-refractivity contribution in [2.75, 3.05) is 25.3 Å². The molecule has 1 aromatic heterocycles. The third kappa shape index (κ3) is 6.32. The molecular formula is C22H25N3O6S. The van der Waals surface area contributed by atoms with E-state index in [9.17, 15) is 13.2 Å². The zero-order valence-corrected chi connectivity index (χ0v) is 19.0. The van der Waals surface area contributed by atoms with Crippen LogP contribution in [0.25, 0.3) is 0 Å². The van der Waals surface area contributed by atoms with Crippen LogP contribution in [-0.4, -0.2) is 50.2 Å². The van der Waals surface area contributed by atoms with Crippen LogP contribution in [0.4, 0.5) is 5.82 Å². The predicted octanol–water partition coefficient (Wildman–Crippen LogP) is 3.28. The first kappa shape index (κ1) is 23.3. The smallest absolute Gasteiger partial charge is 0.257 e. The van der Waals surface area contributed by atoms with Crippen LogP contribution in [0.3, 0.4) is 0 Å². The van der Waals surface area contributed by atoms with Gasteiger partial charge in [0, 0.05) is 44.3 Å². The van der Waals surface area contributed by atoms with Crippen LogP contribution in [0, 0.1) is 0 Å². The van der Waals surface area contributed by atoms with E-state index < -0.39 is 9.84 Å². The van der Waals surface area contributed by atoms with Gasteiger partial charge in [0.25, 0.3) is 5.91 Å². The zero-order chi connectivity index (χ0) is 23.3. The summed E-state index contributed by atoms with van der Waals surface area (Å²) in [6.07, 6.45) is 2.60. The summed E-state index contributed by atoms with van der Waals surface area (Å²) in [6, 6.07) is 12.5. The van der Waals surface area contributed by atoms with Crippen LogP contribution in [0.2, 0.25) is 0 Å². The molecule has 0 bridgehead atoms. The van der Waals surface area contributed by atoms with E-state index in [1.54, 1.807) is 61.4 Å². The highest BCUT2D eigenvalue weighted by Gasteiger charge is 2.15. The molecule has 0 saturated heterocycles. The highest BCUT2D eigenvalue weighted by atomic mass is 32.2. The maximum Gasteiger partial charge on any atom is 0.257 e. The van der Waals surface area contributed by atoms with Crippen molar-refractivity contribution in [1.82, 2.24) is 9.78 Å².